The van der Waals surface area contributed by atoms with Gasteiger partial charge in [-0.05, 0) is 49.2 Å². The number of benzene rings is 1. The number of anilines is 1. The minimum atomic E-state index is -0.224. The Kier molecular flexibility index (Phi) is 6.38. The van der Waals surface area contributed by atoms with Crippen LogP contribution in [0.25, 0.3) is 0 Å². The molecule has 2 amide bonds. The van der Waals surface area contributed by atoms with E-state index in [2.05, 4.69) is 10.3 Å². The normalized spacial score (nSPS) is 16.6. The SMILES string of the molecule is NCCOc1ccc(NC(=O)C2CCCN(C(=O)c3ccncc3)C2)cc1. The van der Waals surface area contributed by atoms with E-state index >= 15 is 0 Å². The van der Waals surface area contributed by atoms with Gasteiger partial charge in [-0.3, -0.25) is 14.6 Å². The first kappa shape index (κ1) is 18.8. The standard InChI is InChI=1S/C20H24N4O3/c21-9-13-27-18-5-3-17(4-6-18)23-19(25)16-2-1-12-24(14-16)20(26)15-7-10-22-11-8-15/h3-8,10-11,16H,1-2,9,12-14,21H2,(H,23,25). The lowest BCUT2D eigenvalue weighted by Gasteiger charge is -2.32. The fourth-order valence-corrected chi connectivity index (χ4v) is 3.11. The van der Waals surface area contributed by atoms with Crippen LogP contribution >= 0.6 is 0 Å². The van der Waals surface area contributed by atoms with Crippen molar-refractivity contribution in [2.75, 3.05) is 31.6 Å². The van der Waals surface area contributed by atoms with E-state index in [1.54, 1.807) is 53.7 Å². The summed E-state index contributed by atoms with van der Waals surface area (Å²) < 4.78 is 5.43. The third kappa shape index (κ3) is 5.04. The Labute approximate surface area is 158 Å². The van der Waals surface area contributed by atoms with Crippen LogP contribution in [0, 0.1) is 5.92 Å². The first-order valence-electron chi connectivity index (χ1n) is 9.10. The van der Waals surface area contributed by atoms with Crippen molar-refractivity contribution in [3.8, 4) is 5.75 Å². The number of aromatic nitrogens is 1. The van der Waals surface area contributed by atoms with Gasteiger partial charge in [0.15, 0.2) is 0 Å². The first-order valence-corrected chi connectivity index (χ1v) is 9.10. The van der Waals surface area contributed by atoms with Gasteiger partial charge in [0, 0.05) is 43.3 Å². The third-order valence-corrected chi connectivity index (χ3v) is 4.52. The van der Waals surface area contributed by atoms with Gasteiger partial charge >= 0.3 is 0 Å². The van der Waals surface area contributed by atoms with E-state index in [4.69, 9.17) is 10.5 Å². The number of piperidine rings is 1. The molecule has 3 N–H and O–H groups in total. The molecule has 1 atom stereocenters. The number of pyridine rings is 1. The second kappa shape index (κ2) is 9.14. The predicted octanol–water partition coefficient (Wildman–Crippen LogP) is 1.91. The Bertz CT molecular complexity index is 765. The molecule has 2 aromatic rings. The zero-order valence-electron chi connectivity index (χ0n) is 15.1. The van der Waals surface area contributed by atoms with E-state index in [9.17, 15) is 9.59 Å². The van der Waals surface area contributed by atoms with Crippen molar-refractivity contribution >= 4 is 17.5 Å². The molecule has 1 aromatic heterocycles. The smallest absolute Gasteiger partial charge is 0.253 e. The number of nitrogens with two attached hydrogens (primary N) is 1. The Hall–Kier alpha value is -2.93. The van der Waals surface area contributed by atoms with E-state index in [1.807, 2.05) is 0 Å². The van der Waals surface area contributed by atoms with Gasteiger partial charge in [0.25, 0.3) is 5.91 Å². The van der Waals surface area contributed by atoms with Gasteiger partial charge in [0.05, 0.1) is 5.92 Å². The van der Waals surface area contributed by atoms with Gasteiger partial charge in [-0.15, -0.1) is 0 Å². The zero-order valence-corrected chi connectivity index (χ0v) is 15.1. The topological polar surface area (TPSA) is 97.5 Å². The molecule has 1 fully saturated rings. The Morgan fingerprint density at radius 2 is 1.93 bits per heavy atom. The van der Waals surface area contributed by atoms with Gasteiger partial charge in [-0.2, -0.15) is 0 Å². The fraction of sp³-hybridized carbons (Fsp3) is 0.350. The average Bonchev–Trinajstić information content (AvgIpc) is 2.73. The van der Waals surface area contributed by atoms with E-state index in [-0.39, 0.29) is 17.7 Å². The van der Waals surface area contributed by atoms with Crippen molar-refractivity contribution in [3.63, 3.8) is 0 Å². The van der Waals surface area contributed by atoms with E-state index in [0.717, 1.165) is 12.8 Å². The number of hydrogen-bond acceptors (Lipinski definition) is 5. The molecule has 1 saturated heterocycles. The highest BCUT2D eigenvalue weighted by Gasteiger charge is 2.29. The highest BCUT2D eigenvalue weighted by molar-refractivity contribution is 5.96. The summed E-state index contributed by atoms with van der Waals surface area (Å²) in [5.41, 5.74) is 6.71. The maximum absolute atomic E-state index is 12.6. The molecule has 0 bridgehead atoms. The van der Waals surface area contributed by atoms with Crippen molar-refractivity contribution in [1.82, 2.24) is 9.88 Å². The molecule has 0 saturated carbocycles. The second-order valence-corrected chi connectivity index (χ2v) is 6.48. The number of carbonyl (C=O) groups excluding carboxylic acids is 2. The highest BCUT2D eigenvalue weighted by Crippen LogP contribution is 2.21. The quantitative estimate of drug-likeness (QED) is 0.812. The lowest BCUT2D eigenvalue weighted by Crippen LogP contribution is -2.43. The van der Waals surface area contributed by atoms with Gasteiger partial charge in [-0.25, -0.2) is 0 Å². The van der Waals surface area contributed by atoms with Crippen molar-refractivity contribution < 1.29 is 14.3 Å². The van der Waals surface area contributed by atoms with Crippen molar-refractivity contribution in [3.05, 3.63) is 54.4 Å². The molecule has 1 aliphatic rings. The summed E-state index contributed by atoms with van der Waals surface area (Å²) in [7, 11) is 0. The van der Waals surface area contributed by atoms with Crippen LogP contribution in [0.5, 0.6) is 5.75 Å². The van der Waals surface area contributed by atoms with Crippen LogP contribution in [0.4, 0.5) is 5.69 Å². The summed E-state index contributed by atoms with van der Waals surface area (Å²) in [6, 6.07) is 10.6. The maximum atomic E-state index is 12.6. The molecule has 0 radical (unpaired) electrons. The number of nitrogens with one attached hydrogen (secondary N) is 1. The molecule has 142 valence electrons. The number of ether oxygens (including phenoxy) is 1. The number of rotatable bonds is 6. The zero-order chi connectivity index (χ0) is 19.1. The van der Waals surface area contributed by atoms with Crippen molar-refractivity contribution in [2.45, 2.75) is 12.8 Å². The molecule has 7 nitrogen and oxygen atoms in total. The summed E-state index contributed by atoms with van der Waals surface area (Å²) in [6.45, 7) is 1.99. The minimum absolute atomic E-state index is 0.0590. The fourth-order valence-electron chi connectivity index (χ4n) is 3.11. The second-order valence-electron chi connectivity index (χ2n) is 6.48. The Morgan fingerprint density at radius 1 is 1.19 bits per heavy atom. The molecule has 0 aliphatic carbocycles. The maximum Gasteiger partial charge on any atom is 0.253 e. The Balaban J connectivity index is 1.57. The minimum Gasteiger partial charge on any atom is -0.492 e. The van der Waals surface area contributed by atoms with Gasteiger partial charge in [-0.1, -0.05) is 0 Å². The van der Waals surface area contributed by atoms with Crippen LogP contribution in [-0.2, 0) is 4.79 Å². The van der Waals surface area contributed by atoms with Crippen LogP contribution in [0.3, 0.4) is 0 Å². The summed E-state index contributed by atoms with van der Waals surface area (Å²) in [5.74, 6) is 0.358. The molecule has 27 heavy (non-hydrogen) atoms. The Morgan fingerprint density at radius 3 is 2.63 bits per heavy atom. The average molecular weight is 368 g/mol. The van der Waals surface area contributed by atoms with Gasteiger partial charge in [0.1, 0.15) is 12.4 Å². The monoisotopic (exact) mass is 368 g/mol. The molecule has 1 unspecified atom stereocenters. The van der Waals surface area contributed by atoms with Crippen LogP contribution in [-0.4, -0.2) is 47.9 Å². The van der Waals surface area contributed by atoms with Crippen LogP contribution in [0.2, 0.25) is 0 Å². The summed E-state index contributed by atoms with van der Waals surface area (Å²) >= 11 is 0. The summed E-state index contributed by atoms with van der Waals surface area (Å²) in [6.07, 6.45) is 4.77. The number of carbonyl (C=O) groups is 2. The van der Waals surface area contributed by atoms with Gasteiger partial charge < -0.3 is 20.7 Å². The predicted molar refractivity (Wildman–Crippen MR) is 102 cm³/mol. The van der Waals surface area contributed by atoms with E-state index in [1.165, 1.54) is 0 Å². The van der Waals surface area contributed by atoms with Crippen LogP contribution < -0.4 is 15.8 Å². The molecule has 0 spiro atoms. The van der Waals surface area contributed by atoms with Crippen molar-refractivity contribution in [2.24, 2.45) is 11.7 Å². The van der Waals surface area contributed by atoms with Crippen molar-refractivity contribution in [1.29, 1.82) is 0 Å². The highest BCUT2D eigenvalue weighted by atomic mass is 16.5. The van der Waals surface area contributed by atoms with Crippen LogP contribution in [0.1, 0.15) is 23.2 Å². The third-order valence-electron chi connectivity index (χ3n) is 4.52. The first-order chi connectivity index (χ1) is 13.2. The number of likely N-dealkylation sites (tertiary alicyclic amines) is 1. The van der Waals surface area contributed by atoms with E-state index in [0.29, 0.717) is 43.2 Å². The lowest BCUT2D eigenvalue weighted by molar-refractivity contribution is -0.121. The summed E-state index contributed by atoms with van der Waals surface area (Å²) in [4.78, 5) is 30.9. The molecule has 2 heterocycles. The summed E-state index contributed by atoms with van der Waals surface area (Å²) in [5, 5.41) is 2.93. The molecule has 7 heteroatoms. The number of amides is 2. The number of nitrogens with zero attached hydrogens (tertiary/aromatic N) is 2. The molecular weight excluding hydrogens is 344 g/mol. The molecule has 1 aromatic carbocycles. The molecule has 3 rings (SSSR count). The number of hydrogen-bond donors (Lipinski definition) is 2. The van der Waals surface area contributed by atoms with Gasteiger partial charge in [0.2, 0.25) is 5.91 Å². The van der Waals surface area contributed by atoms with E-state index < -0.39 is 0 Å². The van der Waals surface area contributed by atoms with Crippen LogP contribution in [0.15, 0.2) is 48.8 Å². The molecular formula is C20H24N4O3. The largest absolute Gasteiger partial charge is 0.492 e. The lowest BCUT2D eigenvalue weighted by atomic mass is 9.96. The molecule has 1 aliphatic heterocycles.